The maximum absolute atomic E-state index is 12.8. The topological polar surface area (TPSA) is 26.0 Å². The first-order valence-corrected chi connectivity index (χ1v) is 3.83. The molecular formula is C9H11ClFN. The molecule has 0 amide bonds. The molecule has 1 aliphatic carbocycles. The maximum atomic E-state index is 12.8. The number of rotatable bonds is 1. The summed E-state index contributed by atoms with van der Waals surface area (Å²) in [7, 11) is 0. The van der Waals surface area contributed by atoms with Crippen LogP contribution in [0, 0.1) is 5.82 Å². The van der Waals surface area contributed by atoms with Crippen LogP contribution < -0.4 is 5.73 Å². The highest BCUT2D eigenvalue weighted by Gasteiger charge is 2.26. The normalized spacial score (nSPS) is 15.4. The van der Waals surface area contributed by atoms with Crippen molar-refractivity contribution in [3.63, 3.8) is 0 Å². The quantitative estimate of drug-likeness (QED) is 0.673. The van der Waals surface area contributed by atoms with E-state index in [1.54, 1.807) is 6.07 Å². The minimum atomic E-state index is -0.283. The summed E-state index contributed by atoms with van der Waals surface area (Å²) in [5.74, 6) is 0.250. The van der Waals surface area contributed by atoms with Crippen molar-refractivity contribution in [2.75, 3.05) is 5.73 Å². The minimum Gasteiger partial charge on any atom is -0.396 e. The fraction of sp³-hybridized carbons (Fsp3) is 0.333. The molecule has 3 heteroatoms. The Morgan fingerprint density at radius 1 is 1.33 bits per heavy atom. The Labute approximate surface area is 77.2 Å². The van der Waals surface area contributed by atoms with E-state index in [1.165, 1.54) is 6.07 Å². The number of benzene rings is 1. The second-order valence-electron chi connectivity index (χ2n) is 3.02. The van der Waals surface area contributed by atoms with Gasteiger partial charge in [-0.3, -0.25) is 0 Å². The number of nitrogens with two attached hydrogens (primary N) is 1. The van der Waals surface area contributed by atoms with Gasteiger partial charge in [-0.2, -0.15) is 0 Å². The van der Waals surface area contributed by atoms with Crippen molar-refractivity contribution in [3.05, 3.63) is 29.6 Å². The lowest BCUT2D eigenvalue weighted by Crippen LogP contribution is -1.95. The van der Waals surface area contributed by atoms with E-state index in [-0.39, 0.29) is 18.2 Å². The van der Waals surface area contributed by atoms with Crippen LogP contribution in [-0.2, 0) is 0 Å². The van der Waals surface area contributed by atoms with Crippen LogP contribution >= 0.6 is 12.4 Å². The van der Waals surface area contributed by atoms with E-state index in [4.69, 9.17) is 5.73 Å². The van der Waals surface area contributed by atoms with Crippen molar-refractivity contribution < 1.29 is 4.39 Å². The number of hydrogen-bond donors (Lipinski definition) is 1. The molecule has 0 bridgehead atoms. The van der Waals surface area contributed by atoms with E-state index in [1.807, 2.05) is 6.07 Å². The molecule has 0 atom stereocenters. The fourth-order valence-electron chi connectivity index (χ4n) is 1.30. The predicted octanol–water partition coefficient (Wildman–Crippen LogP) is 2.71. The molecule has 2 rings (SSSR count). The molecule has 1 nitrogen and oxygen atoms in total. The van der Waals surface area contributed by atoms with Gasteiger partial charge in [-0.1, -0.05) is 12.1 Å². The number of nitrogen functional groups attached to an aromatic ring is 1. The largest absolute Gasteiger partial charge is 0.396 e. The Balaban J connectivity index is 0.000000720. The molecule has 0 aromatic heterocycles. The number of anilines is 1. The molecular weight excluding hydrogens is 177 g/mol. The molecule has 66 valence electrons. The van der Waals surface area contributed by atoms with Gasteiger partial charge in [0, 0.05) is 0 Å². The van der Waals surface area contributed by atoms with Crippen LogP contribution in [0.1, 0.15) is 24.3 Å². The van der Waals surface area contributed by atoms with Crippen LogP contribution in [0.25, 0.3) is 0 Å². The van der Waals surface area contributed by atoms with Crippen LogP contribution in [0.4, 0.5) is 10.1 Å². The molecule has 1 aromatic carbocycles. The lowest BCUT2D eigenvalue weighted by Gasteiger charge is -2.02. The van der Waals surface area contributed by atoms with Crippen molar-refractivity contribution in [2.24, 2.45) is 0 Å². The Kier molecular flexibility index (Phi) is 2.58. The van der Waals surface area contributed by atoms with Gasteiger partial charge in [-0.05, 0) is 30.4 Å². The fourth-order valence-corrected chi connectivity index (χ4v) is 1.30. The van der Waals surface area contributed by atoms with Gasteiger partial charge in [0.15, 0.2) is 0 Å². The average Bonchev–Trinajstić information content (AvgIpc) is 2.77. The van der Waals surface area contributed by atoms with E-state index >= 15 is 0 Å². The number of para-hydroxylation sites is 1. The molecule has 0 radical (unpaired) electrons. The monoisotopic (exact) mass is 187 g/mol. The van der Waals surface area contributed by atoms with E-state index in [2.05, 4.69) is 0 Å². The standard InChI is InChI=1S/C9H10FN.ClH/c10-8-3-1-2-7(9(8)11)6-4-5-6;/h1-3,6H,4-5,11H2;1H. The zero-order valence-electron chi connectivity index (χ0n) is 6.59. The zero-order valence-corrected chi connectivity index (χ0v) is 7.40. The molecule has 0 saturated heterocycles. The number of halogens is 2. The molecule has 0 spiro atoms. The summed E-state index contributed by atoms with van der Waals surface area (Å²) >= 11 is 0. The van der Waals surface area contributed by atoms with E-state index in [0.29, 0.717) is 11.6 Å². The maximum Gasteiger partial charge on any atom is 0.146 e. The van der Waals surface area contributed by atoms with Crippen molar-refractivity contribution in [1.29, 1.82) is 0 Å². The van der Waals surface area contributed by atoms with Gasteiger partial charge in [0.25, 0.3) is 0 Å². The second-order valence-corrected chi connectivity index (χ2v) is 3.02. The molecule has 2 N–H and O–H groups in total. The third-order valence-corrected chi connectivity index (χ3v) is 2.10. The van der Waals surface area contributed by atoms with Crippen LogP contribution in [-0.4, -0.2) is 0 Å². The molecule has 1 aliphatic rings. The van der Waals surface area contributed by atoms with Gasteiger partial charge in [-0.25, -0.2) is 4.39 Å². The van der Waals surface area contributed by atoms with Crippen LogP contribution in [0.3, 0.4) is 0 Å². The van der Waals surface area contributed by atoms with Gasteiger partial charge in [0.1, 0.15) is 5.82 Å². The Bertz CT molecular complexity index is 284. The van der Waals surface area contributed by atoms with Crippen molar-refractivity contribution in [1.82, 2.24) is 0 Å². The third kappa shape index (κ3) is 1.53. The van der Waals surface area contributed by atoms with Crippen LogP contribution in [0.5, 0.6) is 0 Å². The van der Waals surface area contributed by atoms with Crippen molar-refractivity contribution >= 4 is 18.1 Å². The Hall–Kier alpha value is -0.760. The highest BCUT2D eigenvalue weighted by Crippen LogP contribution is 2.42. The molecule has 1 aromatic rings. The molecule has 1 fully saturated rings. The highest BCUT2D eigenvalue weighted by atomic mass is 35.5. The van der Waals surface area contributed by atoms with Crippen molar-refractivity contribution in [3.8, 4) is 0 Å². The predicted molar refractivity (Wildman–Crippen MR) is 50.0 cm³/mol. The smallest absolute Gasteiger partial charge is 0.146 e. The van der Waals surface area contributed by atoms with Gasteiger partial charge in [0.05, 0.1) is 5.69 Å². The van der Waals surface area contributed by atoms with Crippen molar-refractivity contribution in [2.45, 2.75) is 18.8 Å². The third-order valence-electron chi connectivity index (χ3n) is 2.10. The van der Waals surface area contributed by atoms with E-state index in [0.717, 1.165) is 18.4 Å². The van der Waals surface area contributed by atoms with E-state index in [9.17, 15) is 4.39 Å². The van der Waals surface area contributed by atoms with Gasteiger partial charge < -0.3 is 5.73 Å². The first kappa shape index (κ1) is 9.33. The van der Waals surface area contributed by atoms with Crippen LogP contribution in [0.15, 0.2) is 18.2 Å². The highest BCUT2D eigenvalue weighted by molar-refractivity contribution is 5.85. The molecule has 0 unspecified atom stereocenters. The lowest BCUT2D eigenvalue weighted by molar-refractivity contribution is 0.630. The van der Waals surface area contributed by atoms with Gasteiger partial charge in [0.2, 0.25) is 0 Å². The van der Waals surface area contributed by atoms with Crippen LogP contribution in [0.2, 0.25) is 0 Å². The van der Waals surface area contributed by atoms with Gasteiger partial charge in [-0.15, -0.1) is 12.4 Å². The SMILES string of the molecule is Cl.Nc1c(F)cccc1C1CC1. The summed E-state index contributed by atoms with van der Waals surface area (Å²) in [6.07, 6.45) is 2.32. The summed E-state index contributed by atoms with van der Waals surface area (Å²) in [5.41, 5.74) is 6.88. The summed E-state index contributed by atoms with van der Waals surface area (Å²) in [5, 5.41) is 0. The minimum absolute atomic E-state index is 0. The zero-order chi connectivity index (χ0) is 7.84. The first-order valence-electron chi connectivity index (χ1n) is 3.83. The molecule has 1 saturated carbocycles. The number of hydrogen-bond acceptors (Lipinski definition) is 1. The summed E-state index contributed by atoms with van der Waals surface area (Å²) in [6, 6.07) is 5.04. The summed E-state index contributed by atoms with van der Waals surface area (Å²) in [4.78, 5) is 0. The Morgan fingerprint density at radius 2 is 2.00 bits per heavy atom. The lowest BCUT2D eigenvalue weighted by atomic mass is 10.1. The molecule has 0 heterocycles. The second kappa shape index (κ2) is 3.31. The Morgan fingerprint density at radius 3 is 2.58 bits per heavy atom. The molecule has 0 aliphatic heterocycles. The summed E-state index contributed by atoms with van der Waals surface area (Å²) in [6.45, 7) is 0. The van der Waals surface area contributed by atoms with Gasteiger partial charge >= 0.3 is 0 Å². The summed E-state index contributed by atoms with van der Waals surface area (Å²) < 4.78 is 12.8. The molecule has 12 heavy (non-hydrogen) atoms. The first-order chi connectivity index (χ1) is 5.29. The van der Waals surface area contributed by atoms with E-state index < -0.39 is 0 Å². The average molecular weight is 188 g/mol.